The highest BCUT2D eigenvalue weighted by Crippen LogP contribution is 2.28. The second-order valence-corrected chi connectivity index (χ2v) is 8.02. The van der Waals surface area contributed by atoms with Crippen molar-refractivity contribution < 1.29 is 27.4 Å². The Labute approximate surface area is 204 Å². The zero-order chi connectivity index (χ0) is 24.7. The Hall–Kier alpha value is -3.03. The minimum absolute atomic E-state index is 0.0336. The third kappa shape index (κ3) is 7.78. The number of esters is 1. The first-order valence-electron chi connectivity index (χ1n) is 10.2. The highest BCUT2D eigenvalue weighted by Gasteiger charge is 2.30. The summed E-state index contributed by atoms with van der Waals surface area (Å²) in [6, 6.07) is 18.0. The molecule has 0 heterocycles. The van der Waals surface area contributed by atoms with Crippen LogP contribution in [0, 0.1) is 0 Å². The number of carbonyl (C=O) groups excluding carboxylic acids is 1. The zero-order valence-corrected chi connectivity index (χ0v) is 19.5. The Morgan fingerprint density at radius 2 is 1.53 bits per heavy atom. The first kappa shape index (κ1) is 25.6. The van der Waals surface area contributed by atoms with E-state index < -0.39 is 12.3 Å². The Kier molecular flexibility index (Phi) is 8.58. The monoisotopic (exact) mass is 509 g/mol. The molecule has 0 saturated carbocycles. The van der Waals surface area contributed by atoms with E-state index in [2.05, 4.69) is 9.73 Å². The van der Waals surface area contributed by atoms with Gasteiger partial charge in [0, 0.05) is 0 Å². The number of halogens is 5. The Morgan fingerprint density at radius 1 is 0.912 bits per heavy atom. The van der Waals surface area contributed by atoms with Crippen LogP contribution in [0.2, 0.25) is 10.0 Å². The molecule has 0 aromatic heterocycles. The zero-order valence-electron chi connectivity index (χ0n) is 18.0. The SMILES string of the molecule is CCOC(=O)CC(=Nc1ccc(Cl)c(Cl)c1)c1ccc(Cc2ccc(OC(F)(F)F)cc2)cc1. The Morgan fingerprint density at radius 3 is 2.09 bits per heavy atom. The van der Waals surface area contributed by atoms with Gasteiger partial charge in [0.05, 0.1) is 34.5 Å². The molecule has 0 aliphatic rings. The Bertz CT molecular complexity index is 1160. The lowest BCUT2D eigenvalue weighted by molar-refractivity contribution is -0.274. The molecule has 9 heteroatoms. The summed E-state index contributed by atoms with van der Waals surface area (Å²) in [4.78, 5) is 16.7. The van der Waals surface area contributed by atoms with Gasteiger partial charge in [-0.25, -0.2) is 0 Å². The van der Waals surface area contributed by atoms with Crippen molar-refractivity contribution in [3.8, 4) is 5.75 Å². The Balaban J connectivity index is 1.79. The molecule has 0 bridgehead atoms. The predicted molar refractivity (Wildman–Crippen MR) is 126 cm³/mol. The van der Waals surface area contributed by atoms with Crippen LogP contribution in [0.1, 0.15) is 30.0 Å². The molecule has 0 N–H and O–H groups in total. The number of alkyl halides is 3. The number of hydrogen-bond acceptors (Lipinski definition) is 4. The predicted octanol–water partition coefficient (Wildman–Crippen LogP) is 7.56. The quantitative estimate of drug-likeness (QED) is 0.232. The fraction of sp³-hybridized carbons (Fsp3) is 0.200. The molecule has 0 spiro atoms. The standard InChI is InChI=1S/C25H20Cl2F3NO3/c1-2-33-24(32)15-23(31-19-9-12-21(26)22(27)14-19)18-7-3-16(4-8-18)13-17-5-10-20(11-6-17)34-25(28,29)30/h3-12,14H,2,13,15H2,1H3. The summed E-state index contributed by atoms with van der Waals surface area (Å²) in [6.45, 7) is 1.98. The van der Waals surface area contributed by atoms with Crippen molar-refractivity contribution in [1.29, 1.82) is 0 Å². The molecular formula is C25H20Cl2F3NO3. The number of hydrogen-bond donors (Lipinski definition) is 0. The van der Waals surface area contributed by atoms with E-state index in [4.69, 9.17) is 27.9 Å². The normalized spacial score (nSPS) is 11.9. The maximum absolute atomic E-state index is 12.3. The molecule has 0 radical (unpaired) electrons. The smallest absolute Gasteiger partial charge is 0.466 e. The van der Waals surface area contributed by atoms with E-state index in [1.54, 1.807) is 37.3 Å². The molecule has 0 aliphatic carbocycles. The summed E-state index contributed by atoms with van der Waals surface area (Å²) >= 11 is 12.1. The highest BCUT2D eigenvalue weighted by atomic mass is 35.5. The largest absolute Gasteiger partial charge is 0.573 e. The molecule has 0 unspecified atom stereocenters. The highest BCUT2D eigenvalue weighted by molar-refractivity contribution is 6.42. The molecule has 3 rings (SSSR count). The molecule has 34 heavy (non-hydrogen) atoms. The second-order valence-electron chi connectivity index (χ2n) is 7.20. The lowest BCUT2D eigenvalue weighted by atomic mass is 10.0. The van der Waals surface area contributed by atoms with Crippen molar-refractivity contribution >= 4 is 40.6 Å². The molecule has 3 aromatic rings. The number of carbonyl (C=O) groups is 1. The summed E-state index contributed by atoms with van der Waals surface area (Å²) in [6.07, 6.45) is -4.25. The van der Waals surface area contributed by atoms with Gasteiger partial charge in [-0.2, -0.15) is 0 Å². The molecular weight excluding hydrogens is 490 g/mol. The van der Waals surface area contributed by atoms with Crippen LogP contribution >= 0.6 is 23.2 Å². The summed E-state index contributed by atoms with van der Waals surface area (Å²) < 4.78 is 45.9. The van der Waals surface area contributed by atoms with Crippen LogP contribution in [0.15, 0.2) is 71.7 Å². The lowest BCUT2D eigenvalue weighted by Crippen LogP contribution is -2.17. The van der Waals surface area contributed by atoms with E-state index in [9.17, 15) is 18.0 Å². The number of benzene rings is 3. The summed E-state index contributed by atoms with van der Waals surface area (Å²) in [7, 11) is 0. The molecule has 0 amide bonds. The number of ether oxygens (including phenoxy) is 2. The van der Waals surface area contributed by atoms with Gasteiger partial charge >= 0.3 is 12.3 Å². The van der Waals surface area contributed by atoms with Crippen molar-refractivity contribution in [2.45, 2.75) is 26.1 Å². The van der Waals surface area contributed by atoms with E-state index in [0.29, 0.717) is 27.9 Å². The summed E-state index contributed by atoms with van der Waals surface area (Å²) in [5, 5.41) is 0.746. The third-order valence-electron chi connectivity index (χ3n) is 4.64. The van der Waals surface area contributed by atoms with Crippen LogP contribution < -0.4 is 4.74 Å². The van der Waals surface area contributed by atoms with Gasteiger partial charge in [-0.1, -0.05) is 59.6 Å². The fourth-order valence-electron chi connectivity index (χ4n) is 3.12. The summed E-state index contributed by atoms with van der Waals surface area (Å²) in [5.74, 6) is -0.680. The lowest BCUT2D eigenvalue weighted by Gasteiger charge is -2.10. The summed E-state index contributed by atoms with van der Waals surface area (Å²) in [5.41, 5.74) is 3.50. The fourth-order valence-corrected chi connectivity index (χ4v) is 3.42. The molecule has 0 aliphatic heterocycles. The molecule has 0 atom stereocenters. The average Bonchev–Trinajstić information content (AvgIpc) is 2.77. The maximum atomic E-state index is 12.3. The molecule has 0 fully saturated rings. The van der Waals surface area contributed by atoms with Gasteiger partial charge in [-0.15, -0.1) is 13.2 Å². The minimum Gasteiger partial charge on any atom is -0.466 e. The van der Waals surface area contributed by atoms with Crippen molar-refractivity contribution in [2.75, 3.05) is 6.61 Å². The molecule has 3 aromatic carbocycles. The van der Waals surface area contributed by atoms with Gasteiger partial charge in [-0.05, 0) is 60.4 Å². The second kappa shape index (κ2) is 11.4. The van der Waals surface area contributed by atoms with Crippen LogP contribution in [0.3, 0.4) is 0 Å². The number of nitrogens with zero attached hydrogens (tertiary/aromatic N) is 1. The maximum Gasteiger partial charge on any atom is 0.573 e. The van der Waals surface area contributed by atoms with E-state index >= 15 is 0 Å². The van der Waals surface area contributed by atoms with Crippen molar-refractivity contribution in [3.63, 3.8) is 0 Å². The van der Waals surface area contributed by atoms with E-state index in [0.717, 1.165) is 16.7 Å². The topological polar surface area (TPSA) is 47.9 Å². The molecule has 0 saturated heterocycles. The van der Waals surface area contributed by atoms with E-state index in [1.165, 1.54) is 12.1 Å². The van der Waals surface area contributed by atoms with Crippen molar-refractivity contribution in [1.82, 2.24) is 0 Å². The number of rotatable bonds is 8. The van der Waals surface area contributed by atoms with Crippen LogP contribution in [-0.4, -0.2) is 24.7 Å². The van der Waals surface area contributed by atoms with Gasteiger partial charge in [0.2, 0.25) is 0 Å². The van der Waals surface area contributed by atoms with Crippen LogP contribution in [-0.2, 0) is 16.0 Å². The van der Waals surface area contributed by atoms with Crippen LogP contribution in [0.25, 0.3) is 0 Å². The van der Waals surface area contributed by atoms with E-state index in [-0.39, 0.29) is 18.8 Å². The van der Waals surface area contributed by atoms with Gasteiger partial charge < -0.3 is 9.47 Å². The van der Waals surface area contributed by atoms with E-state index in [1.807, 2.05) is 24.3 Å². The third-order valence-corrected chi connectivity index (χ3v) is 5.38. The molecule has 178 valence electrons. The van der Waals surface area contributed by atoms with Gasteiger partial charge in [0.1, 0.15) is 5.75 Å². The molecule has 4 nitrogen and oxygen atoms in total. The minimum atomic E-state index is -4.72. The van der Waals surface area contributed by atoms with Gasteiger partial charge in [0.15, 0.2) is 0 Å². The first-order valence-corrected chi connectivity index (χ1v) is 11.0. The van der Waals surface area contributed by atoms with Gasteiger partial charge in [-0.3, -0.25) is 9.79 Å². The average molecular weight is 510 g/mol. The van der Waals surface area contributed by atoms with Crippen molar-refractivity contribution in [2.24, 2.45) is 4.99 Å². The van der Waals surface area contributed by atoms with Crippen LogP contribution in [0.4, 0.5) is 18.9 Å². The van der Waals surface area contributed by atoms with Crippen molar-refractivity contribution in [3.05, 3.63) is 93.5 Å². The number of aliphatic imine (C=N–C) groups is 1. The van der Waals surface area contributed by atoms with Gasteiger partial charge in [0.25, 0.3) is 0 Å². The van der Waals surface area contributed by atoms with Crippen LogP contribution in [0.5, 0.6) is 5.75 Å². The first-order chi connectivity index (χ1) is 16.1.